The van der Waals surface area contributed by atoms with E-state index in [1.54, 1.807) is 11.8 Å². The van der Waals surface area contributed by atoms with E-state index >= 15 is 0 Å². The molecule has 1 aliphatic carbocycles. The summed E-state index contributed by atoms with van der Waals surface area (Å²) in [6.07, 6.45) is 11.6. The van der Waals surface area contributed by atoms with E-state index in [0.717, 1.165) is 18.5 Å². The number of aromatic nitrogens is 1. The van der Waals surface area contributed by atoms with Crippen LogP contribution in [0.3, 0.4) is 0 Å². The molecule has 17 heavy (non-hydrogen) atoms. The molecule has 0 saturated carbocycles. The van der Waals surface area contributed by atoms with Gasteiger partial charge >= 0.3 is 0 Å². The van der Waals surface area contributed by atoms with Gasteiger partial charge < -0.3 is 5.32 Å². The highest BCUT2D eigenvalue weighted by Crippen LogP contribution is 2.19. The Bertz CT molecular complexity index is 388. The van der Waals surface area contributed by atoms with Crippen LogP contribution in [0, 0.1) is 5.82 Å². The van der Waals surface area contributed by atoms with Crippen molar-refractivity contribution in [3.8, 4) is 0 Å². The fourth-order valence-electron chi connectivity index (χ4n) is 2.17. The van der Waals surface area contributed by atoms with Gasteiger partial charge in [0.1, 0.15) is 5.82 Å². The first kappa shape index (κ1) is 12.2. The van der Waals surface area contributed by atoms with Crippen LogP contribution < -0.4 is 5.32 Å². The van der Waals surface area contributed by atoms with E-state index in [2.05, 4.69) is 16.4 Å². The highest BCUT2D eigenvalue weighted by molar-refractivity contribution is 5.10. The minimum Gasteiger partial charge on any atom is -0.312 e. The van der Waals surface area contributed by atoms with Crippen LogP contribution in [0.2, 0.25) is 0 Å². The second-order valence-electron chi connectivity index (χ2n) is 4.55. The van der Waals surface area contributed by atoms with E-state index in [-0.39, 0.29) is 5.82 Å². The Labute approximate surface area is 102 Å². The summed E-state index contributed by atoms with van der Waals surface area (Å²) < 4.78 is 12.9. The fourth-order valence-corrected chi connectivity index (χ4v) is 2.17. The molecule has 1 aromatic heterocycles. The van der Waals surface area contributed by atoms with Crippen molar-refractivity contribution in [2.75, 3.05) is 6.54 Å². The summed E-state index contributed by atoms with van der Waals surface area (Å²) in [4.78, 5) is 3.83. The molecule has 2 rings (SSSR count). The molecule has 0 spiro atoms. The number of allylic oxidation sites excluding steroid dienone is 1. The molecule has 0 saturated heterocycles. The van der Waals surface area contributed by atoms with Gasteiger partial charge in [0.25, 0.3) is 0 Å². The minimum absolute atomic E-state index is 0.265. The second-order valence-corrected chi connectivity index (χ2v) is 4.55. The highest BCUT2D eigenvalue weighted by atomic mass is 19.1. The number of hydrogen-bond donors (Lipinski definition) is 1. The normalized spacial score (nSPS) is 15.7. The Balaban J connectivity index is 1.67. The van der Waals surface area contributed by atoms with Gasteiger partial charge in [-0.2, -0.15) is 0 Å². The molecule has 0 unspecified atom stereocenters. The van der Waals surface area contributed by atoms with E-state index in [1.807, 2.05) is 0 Å². The van der Waals surface area contributed by atoms with Gasteiger partial charge in [0.15, 0.2) is 0 Å². The molecule has 2 nitrogen and oxygen atoms in total. The van der Waals surface area contributed by atoms with Crippen LogP contribution in [0.25, 0.3) is 0 Å². The lowest BCUT2D eigenvalue weighted by molar-refractivity contribution is 0.608. The zero-order valence-corrected chi connectivity index (χ0v) is 10.1. The predicted molar refractivity (Wildman–Crippen MR) is 67.1 cm³/mol. The molecule has 1 aromatic rings. The fraction of sp³-hybridized carbons (Fsp3) is 0.500. The lowest BCUT2D eigenvalue weighted by Crippen LogP contribution is -2.16. The summed E-state index contributed by atoms with van der Waals surface area (Å²) in [5.74, 6) is -0.265. The van der Waals surface area contributed by atoms with Crippen molar-refractivity contribution in [3.63, 3.8) is 0 Å². The highest BCUT2D eigenvalue weighted by Gasteiger charge is 2.03. The van der Waals surface area contributed by atoms with Crippen LogP contribution in [0.15, 0.2) is 30.1 Å². The second kappa shape index (κ2) is 6.50. The third kappa shape index (κ3) is 4.27. The number of nitrogens with zero attached hydrogens (tertiary/aromatic N) is 1. The van der Waals surface area contributed by atoms with Gasteiger partial charge in [-0.3, -0.25) is 4.98 Å². The SMILES string of the molecule is Fc1cncc(CNCCC2=CCCCC2)c1. The van der Waals surface area contributed by atoms with Gasteiger partial charge in [0.05, 0.1) is 6.20 Å². The maximum atomic E-state index is 12.9. The molecule has 0 amide bonds. The van der Waals surface area contributed by atoms with Crippen molar-refractivity contribution in [3.05, 3.63) is 41.5 Å². The Morgan fingerprint density at radius 1 is 1.29 bits per heavy atom. The molecule has 0 aliphatic heterocycles. The summed E-state index contributed by atoms with van der Waals surface area (Å²) in [6, 6.07) is 1.53. The number of pyridine rings is 1. The van der Waals surface area contributed by atoms with Gasteiger partial charge in [-0.05, 0) is 50.3 Å². The Hall–Kier alpha value is -1.22. The van der Waals surface area contributed by atoms with E-state index < -0.39 is 0 Å². The van der Waals surface area contributed by atoms with Crippen LogP contribution in [0.1, 0.15) is 37.7 Å². The van der Waals surface area contributed by atoms with Gasteiger partial charge in [-0.15, -0.1) is 0 Å². The molecule has 0 aromatic carbocycles. The average Bonchev–Trinajstić information content (AvgIpc) is 2.36. The monoisotopic (exact) mass is 234 g/mol. The maximum absolute atomic E-state index is 12.9. The van der Waals surface area contributed by atoms with Crippen molar-refractivity contribution in [2.45, 2.75) is 38.6 Å². The molecule has 3 heteroatoms. The van der Waals surface area contributed by atoms with Gasteiger partial charge in [-0.1, -0.05) is 11.6 Å². The number of nitrogens with one attached hydrogen (secondary N) is 1. The summed E-state index contributed by atoms with van der Waals surface area (Å²) in [5.41, 5.74) is 2.48. The summed E-state index contributed by atoms with van der Waals surface area (Å²) in [6.45, 7) is 1.65. The van der Waals surface area contributed by atoms with Crippen molar-refractivity contribution in [2.24, 2.45) is 0 Å². The third-order valence-corrected chi connectivity index (χ3v) is 3.10. The zero-order valence-electron chi connectivity index (χ0n) is 10.1. The van der Waals surface area contributed by atoms with Gasteiger partial charge in [-0.25, -0.2) is 4.39 Å². The Morgan fingerprint density at radius 2 is 2.24 bits per heavy atom. The first-order valence-electron chi connectivity index (χ1n) is 6.32. The predicted octanol–water partition coefficient (Wildman–Crippen LogP) is 3.20. The quantitative estimate of drug-likeness (QED) is 0.625. The summed E-state index contributed by atoms with van der Waals surface area (Å²) in [7, 11) is 0. The molecule has 1 aliphatic rings. The maximum Gasteiger partial charge on any atom is 0.141 e. The van der Waals surface area contributed by atoms with Crippen LogP contribution >= 0.6 is 0 Å². The molecule has 0 atom stereocenters. The van der Waals surface area contributed by atoms with Crippen LogP contribution in [0.5, 0.6) is 0 Å². The lowest BCUT2D eigenvalue weighted by atomic mass is 9.97. The van der Waals surface area contributed by atoms with Crippen LogP contribution in [-0.2, 0) is 6.54 Å². The van der Waals surface area contributed by atoms with Gasteiger partial charge in [0.2, 0.25) is 0 Å². The van der Waals surface area contributed by atoms with E-state index in [0.29, 0.717) is 6.54 Å². The van der Waals surface area contributed by atoms with Crippen molar-refractivity contribution < 1.29 is 4.39 Å². The Kier molecular flexibility index (Phi) is 4.68. The topological polar surface area (TPSA) is 24.9 Å². The van der Waals surface area contributed by atoms with E-state index in [9.17, 15) is 4.39 Å². The standard InChI is InChI=1S/C14H19FN2/c15-14-8-13(10-17-11-14)9-16-7-6-12-4-2-1-3-5-12/h4,8,10-11,16H,1-3,5-7,9H2. The average molecular weight is 234 g/mol. The van der Waals surface area contributed by atoms with Crippen molar-refractivity contribution in [1.82, 2.24) is 10.3 Å². The number of halogens is 1. The number of hydrogen-bond acceptors (Lipinski definition) is 2. The molecule has 92 valence electrons. The first-order valence-corrected chi connectivity index (χ1v) is 6.32. The smallest absolute Gasteiger partial charge is 0.141 e. The molecule has 0 bridgehead atoms. The number of rotatable bonds is 5. The Morgan fingerprint density at radius 3 is 3.00 bits per heavy atom. The largest absolute Gasteiger partial charge is 0.312 e. The third-order valence-electron chi connectivity index (χ3n) is 3.10. The van der Waals surface area contributed by atoms with Crippen molar-refractivity contribution >= 4 is 0 Å². The molecule has 1 heterocycles. The summed E-state index contributed by atoms with van der Waals surface area (Å²) >= 11 is 0. The minimum atomic E-state index is -0.265. The van der Waals surface area contributed by atoms with Crippen molar-refractivity contribution in [1.29, 1.82) is 0 Å². The van der Waals surface area contributed by atoms with Crippen LogP contribution in [0.4, 0.5) is 4.39 Å². The summed E-state index contributed by atoms with van der Waals surface area (Å²) in [5, 5.41) is 3.33. The molecular weight excluding hydrogens is 215 g/mol. The van der Waals surface area contributed by atoms with Crippen LogP contribution in [-0.4, -0.2) is 11.5 Å². The van der Waals surface area contributed by atoms with E-state index in [1.165, 1.54) is 37.9 Å². The zero-order chi connectivity index (χ0) is 11.9. The van der Waals surface area contributed by atoms with E-state index in [4.69, 9.17) is 0 Å². The molecule has 1 N–H and O–H groups in total. The molecule has 0 fully saturated rings. The molecule has 0 radical (unpaired) electrons. The first-order chi connectivity index (χ1) is 8.34. The van der Waals surface area contributed by atoms with Gasteiger partial charge in [0, 0.05) is 12.7 Å². The molecular formula is C14H19FN2. The lowest BCUT2D eigenvalue weighted by Gasteiger charge is -2.12.